The minimum atomic E-state index is -0.316. The summed E-state index contributed by atoms with van der Waals surface area (Å²) in [7, 11) is 0. The molecule has 8 heteroatoms. The molecule has 0 aliphatic carbocycles. The lowest BCUT2D eigenvalue weighted by molar-refractivity contribution is 0.101. The molecule has 0 spiro atoms. The molecule has 118 valence electrons. The van der Waals surface area contributed by atoms with Crippen molar-refractivity contribution < 1.29 is 9.32 Å². The molecule has 1 amide bonds. The first-order valence-electron chi connectivity index (χ1n) is 7.21. The Morgan fingerprint density at radius 3 is 2.75 bits per heavy atom. The first-order chi connectivity index (χ1) is 11.7. The van der Waals surface area contributed by atoms with Crippen molar-refractivity contribution in [3.8, 4) is 11.3 Å². The molecule has 0 saturated heterocycles. The number of benzene rings is 1. The summed E-state index contributed by atoms with van der Waals surface area (Å²) >= 11 is 0. The van der Waals surface area contributed by atoms with Gasteiger partial charge in [-0.15, -0.1) is 10.2 Å². The monoisotopic (exact) mass is 320 g/mol. The zero-order valence-electron chi connectivity index (χ0n) is 12.7. The highest BCUT2D eigenvalue weighted by Crippen LogP contribution is 2.20. The van der Waals surface area contributed by atoms with Crippen LogP contribution in [0.15, 0.2) is 53.3 Å². The summed E-state index contributed by atoms with van der Waals surface area (Å²) in [6.07, 6.45) is 1.55. The zero-order chi connectivity index (χ0) is 16.5. The fraction of sp³-hybridized carbons (Fsp3) is 0.0625. The summed E-state index contributed by atoms with van der Waals surface area (Å²) in [5.74, 6) is 0.273. The van der Waals surface area contributed by atoms with Gasteiger partial charge >= 0.3 is 0 Å². The Hall–Kier alpha value is -3.55. The SMILES string of the molecule is Cc1cc(C(=O)Nc2ccc(-c3ccc4nncn4n3)cc2)no1. The van der Waals surface area contributed by atoms with Crippen LogP contribution in [0.1, 0.15) is 16.2 Å². The Labute approximate surface area is 136 Å². The van der Waals surface area contributed by atoms with Crippen LogP contribution in [0.4, 0.5) is 5.69 Å². The van der Waals surface area contributed by atoms with Crippen LogP contribution >= 0.6 is 0 Å². The van der Waals surface area contributed by atoms with Crippen LogP contribution in [-0.2, 0) is 0 Å². The standard InChI is InChI=1S/C16H12N6O2/c1-10-8-14(21-24-10)16(23)18-12-4-2-11(3-5-12)13-6-7-15-19-17-9-22(15)20-13/h2-9H,1H3,(H,18,23). The van der Waals surface area contributed by atoms with Crippen molar-refractivity contribution in [2.75, 3.05) is 5.32 Å². The summed E-state index contributed by atoms with van der Waals surface area (Å²) < 4.78 is 6.51. The van der Waals surface area contributed by atoms with Crippen molar-refractivity contribution in [1.82, 2.24) is 25.0 Å². The van der Waals surface area contributed by atoms with Gasteiger partial charge in [0.05, 0.1) is 5.69 Å². The highest BCUT2D eigenvalue weighted by atomic mass is 16.5. The number of rotatable bonds is 3. The van der Waals surface area contributed by atoms with Gasteiger partial charge in [0.1, 0.15) is 12.1 Å². The van der Waals surface area contributed by atoms with E-state index < -0.39 is 0 Å². The molecule has 1 aromatic carbocycles. The molecule has 3 aromatic heterocycles. The number of hydrogen-bond acceptors (Lipinski definition) is 6. The van der Waals surface area contributed by atoms with E-state index in [-0.39, 0.29) is 11.6 Å². The maximum Gasteiger partial charge on any atom is 0.277 e. The molecule has 0 atom stereocenters. The van der Waals surface area contributed by atoms with E-state index >= 15 is 0 Å². The molecule has 24 heavy (non-hydrogen) atoms. The molecule has 0 aliphatic heterocycles. The number of nitrogens with one attached hydrogen (secondary N) is 1. The first kappa shape index (κ1) is 14.1. The zero-order valence-corrected chi connectivity index (χ0v) is 12.7. The Balaban J connectivity index is 1.54. The second kappa shape index (κ2) is 5.58. The molecule has 0 fully saturated rings. The molecule has 3 heterocycles. The van der Waals surface area contributed by atoms with Gasteiger partial charge in [0.25, 0.3) is 5.91 Å². The van der Waals surface area contributed by atoms with E-state index in [1.54, 1.807) is 36.0 Å². The van der Waals surface area contributed by atoms with Crippen LogP contribution in [0.5, 0.6) is 0 Å². The van der Waals surface area contributed by atoms with Crippen LogP contribution in [0.3, 0.4) is 0 Å². The topological polar surface area (TPSA) is 98.2 Å². The maximum absolute atomic E-state index is 12.0. The van der Waals surface area contributed by atoms with E-state index in [0.717, 1.165) is 11.3 Å². The van der Waals surface area contributed by atoms with E-state index in [1.807, 2.05) is 24.3 Å². The van der Waals surface area contributed by atoms with E-state index in [2.05, 4.69) is 25.8 Å². The van der Waals surface area contributed by atoms with Crippen molar-refractivity contribution in [2.45, 2.75) is 6.92 Å². The van der Waals surface area contributed by atoms with Gasteiger partial charge in [-0.2, -0.15) is 9.61 Å². The number of nitrogens with zero attached hydrogens (tertiary/aromatic N) is 5. The molecule has 0 saturated carbocycles. The molecule has 0 radical (unpaired) electrons. The normalized spacial score (nSPS) is 10.9. The van der Waals surface area contributed by atoms with Crippen molar-refractivity contribution in [1.29, 1.82) is 0 Å². The number of carbonyl (C=O) groups excluding carboxylic acids is 1. The number of fused-ring (bicyclic) bond motifs is 1. The van der Waals surface area contributed by atoms with Crippen molar-refractivity contribution in [2.24, 2.45) is 0 Å². The second-order valence-corrected chi connectivity index (χ2v) is 5.21. The molecule has 0 unspecified atom stereocenters. The second-order valence-electron chi connectivity index (χ2n) is 5.21. The minimum Gasteiger partial charge on any atom is -0.361 e. The Morgan fingerprint density at radius 2 is 2.00 bits per heavy atom. The van der Waals surface area contributed by atoms with Gasteiger partial charge in [0.15, 0.2) is 11.3 Å². The predicted octanol–water partition coefficient (Wildman–Crippen LogP) is 2.34. The fourth-order valence-electron chi connectivity index (χ4n) is 2.28. The molecule has 1 N–H and O–H groups in total. The molecule has 4 aromatic rings. The van der Waals surface area contributed by atoms with Gasteiger partial charge in [0, 0.05) is 17.3 Å². The van der Waals surface area contributed by atoms with Gasteiger partial charge in [-0.1, -0.05) is 17.3 Å². The van der Waals surface area contributed by atoms with E-state index in [0.29, 0.717) is 17.1 Å². The summed E-state index contributed by atoms with van der Waals surface area (Å²) in [6, 6.07) is 12.7. The Kier molecular flexibility index (Phi) is 3.27. The number of hydrogen-bond donors (Lipinski definition) is 1. The van der Waals surface area contributed by atoms with Crippen LogP contribution in [0.2, 0.25) is 0 Å². The van der Waals surface area contributed by atoms with Crippen LogP contribution in [0.25, 0.3) is 16.9 Å². The van der Waals surface area contributed by atoms with Gasteiger partial charge in [0.2, 0.25) is 0 Å². The molecule has 8 nitrogen and oxygen atoms in total. The Morgan fingerprint density at radius 1 is 1.17 bits per heavy atom. The van der Waals surface area contributed by atoms with E-state index in [4.69, 9.17) is 4.52 Å². The number of amides is 1. The van der Waals surface area contributed by atoms with Gasteiger partial charge in [-0.25, -0.2) is 0 Å². The summed E-state index contributed by atoms with van der Waals surface area (Å²) in [5, 5.41) is 18.6. The van der Waals surface area contributed by atoms with Crippen LogP contribution in [0, 0.1) is 6.92 Å². The lowest BCUT2D eigenvalue weighted by Gasteiger charge is -2.05. The van der Waals surface area contributed by atoms with Crippen LogP contribution in [-0.4, -0.2) is 30.9 Å². The minimum absolute atomic E-state index is 0.247. The smallest absolute Gasteiger partial charge is 0.277 e. The van der Waals surface area contributed by atoms with Gasteiger partial charge in [-0.05, 0) is 31.2 Å². The average molecular weight is 320 g/mol. The number of anilines is 1. The first-order valence-corrected chi connectivity index (χ1v) is 7.21. The summed E-state index contributed by atoms with van der Waals surface area (Å²) in [4.78, 5) is 12.0. The predicted molar refractivity (Wildman–Crippen MR) is 85.4 cm³/mol. The van der Waals surface area contributed by atoms with Gasteiger partial charge in [-0.3, -0.25) is 4.79 Å². The van der Waals surface area contributed by atoms with Crippen molar-refractivity contribution in [3.63, 3.8) is 0 Å². The molecular formula is C16H12N6O2. The van der Waals surface area contributed by atoms with Crippen LogP contribution < -0.4 is 5.32 Å². The highest BCUT2D eigenvalue weighted by Gasteiger charge is 2.11. The maximum atomic E-state index is 12.0. The fourth-order valence-corrected chi connectivity index (χ4v) is 2.28. The molecule has 0 bridgehead atoms. The van der Waals surface area contributed by atoms with Crippen molar-refractivity contribution >= 4 is 17.2 Å². The number of aryl methyl sites for hydroxylation is 1. The van der Waals surface area contributed by atoms with E-state index in [1.165, 1.54) is 0 Å². The molecular weight excluding hydrogens is 308 g/mol. The lowest BCUT2D eigenvalue weighted by atomic mass is 10.1. The highest BCUT2D eigenvalue weighted by molar-refractivity contribution is 6.02. The largest absolute Gasteiger partial charge is 0.361 e. The van der Waals surface area contributed by atoms with Gasteiger partial charge < -0.3 is 9.84 Å². The third-order valence-corrected chi connectivity index (χ3v) is 3.46. The lowest BCUT2D eigenvalue weighted by Crippen LogP contribution is -2.12. The quantitative estimate of drug-likeness (QED) is 0.622. The summed E-state index contributed by atoms with van der Waals surface area (Å²) in [5.41, 5.74) is 3.30. The third kappa shape index (κ3) is 2.60. The third-order valence-electron chi connectivity index (χ3n) is 3.46. The average Bonchev–Trinajstić information content (AvgIpc) is 3.23. The molecule has 0 aliphatic rings. The summed E-state index contributed by atoms with van der Waals surface area (Å²) in [6.45, 7) is 1.73. The number of aromatic nitrogens is 5. The number of carbonyl (C=O) groups is 1. The van der Waals surface area contributed by atoms with E-state index in [9.17, 15) is 4.79 Å². The molecule has 4 rings (SSSR count). The van der Waals surface area contributed by atoms with Crippen molar-refractivity contribution in [3.05, 3.63) is 60.2 Å². The Bertz CT molecular complexity index is 1020.